The van der Waals surface area contributed by atoms with Crippen molar-refractivity contribution < 1.29 is 9.26 Å². The Kier molecular flexibility index (Phi) is 7.58. The lowest BCUT2D eigenvalue weighted by Crippen LogP contribution is -2.28. The molecule has 1 aliphatic heterocycles. The summed E-state index contributed by atoms with van der Waals surface area (Å²) in [5.74, 6) is 2.06. The first-order chi connectivity index (χ1) is 12.0. The van der Waals surface area contributed by atoms with E-state index in [0.29, 0.717) is 36.7 Å². The summed E-state index contributed by atoms with van der Waals surface area (Å²) in [6, 6.07) is 10.6. The largest absolute Gasteiger partial charge is 0.370 e. The van der Waals surface area contributed by atoms with Gasteiger partial charge in [-0.1, -0.05) is 49.3 Å². The molecule has 26 heavy (non-hydrogen) atoms. The van der Waals surface area contributed by atoms with E-state index in [1.165, 1.54) is 5.56 Å². The van der Waals surface area contributed by atoms with Gasteiger partial charge in [-0.15, -0.1) is 12.4 Å². The van der Waals surface area contributed by atoms with Crippen LogP contribution in [0.15, 0.2) is 34.9 Å². The smallest absolute Gasteiger partial charge is 0.240 e. The SMILES string of the molecule is CC(C)COC(C)c1noc(CN2C[C@@H](N)[C@H](c3ccccc3)C2)n1.Cl. The van der Waals surface area contributed by atoms with Gasteiger partial charge in [0.05, 0.1) is 6.54 Å². The van der Waals surface area contributed by atoms with Crippen LogP contribution in [0, 0.1) is 5.92 Å². The van der Waals surface area contributed by atoms with Crippen molar-refractivity contribution in [2.45, 2.75) is 45.4 Å². The van der Waals surface area contributed by atoms with E-state index in [1.807, 2.05) is 13.0 Å². The highest BCUT2D eigenvalue weighted by molar-refractivity contribution is 5.85. The fourth-order valence-corrected chi connectivity index (χ4v) is 3.20. The lowest BCUT2D eigenvalue weighted by Gasteiger charge is -2.14. The van der Waals surface area contributed by atoms with Crippen LogP contribution in [-0.4, -0.2) is 40.8 Å². The van der Waals surface area contributed by atoms with Gasteiger partial charge in [0.25, 0.3) is 0 Å². The number of nitrogens with zero attached hydrogens (tertiary/aromatic N) is 3. The van der Waals surface area contributed by atoms with Crippen LogP contribution in [0.25, 0.3) is 0 Å². The van der Waals surface area contributed by atoms with Gasteiger partial charge in [-0.05, 0) is 18.4 Å². The normalized spacial score (nSPS) is 21.7. The first kappa shape index (κ1) is 20.8. The molecule has 0 radical (unpaired) electrons. The number of hydrogen-bond acceptors (Lipinski definition) is 6. The number of benzene rings is 1. The van der Waals surface area contributed by atoms with Crippen molar-refractivity contribution in [3.8, 4) is 0 Å². The molecule has 1 unspecified atom stereocenters. The van der Waals surface area contributed by atoms with Crippen LogP contribution in [0.1, 0.15) is 50.1 Å². The molecule has 3 atom stereocenters. The number of nitrogens with two attached hydrogens (primary N) is 1. The van der Waals surface area contributed by atoms with Gasteiger partial charge in [0, 0.05) is 31.7 Å². The summed E-state index contributed by atoms with van der Waals surface area (Å²) in [6.07, 6.45) is -0.155. The summed E-state index contributed by atoms with van der Waals surface area (Å²) in [7, 11) is 0. The molecule has 144 valence electrons. The molecule has 6 nitrogen and oxygen atoms in total. The van der Waals surface area contributed by atoms with Gasteiger partial charge < -0.3 is 15.0 Å². The molecule has 1 saturated heterocycles. The first-order valence-electron chi connectivity index (χ1n) is 9.00. The minimum absolute atomic E-state index is 0. The van der Waals surface area contributed by atoms with Crippen LogP contribution in [0.3, 0.4) is 0 Å². The maximum atomic E-state index is 6.35. The van der Waals surface area contributed by atoms with Gasteiger partial charge >= 0.3 is 0 Å². The summed E-state index contributed by atoms with van der Waals surface area (Å²) < 4.78 is 11.2. The summed E-state index contributed by atoms with van der Waals surface area (Å²) in [6.45, 7) is 9.24. The Morgan fingerprint density at radius 1 is 1.23 bits per heavy atom. The number of likely N-dealkylation sites (tertiary alicyclic amines) is 1. The number of hydrogen-bond donors (Lipinski definition) is 1. The Bertz CT molecular complexity index is 665. The zero-order chi connectivity index (χ0) is 17.8. The minimum Gasteiger partial charge on any atom is -0.370 e. The molecule has 3 rings (SSSR count). The molecule has 0 amide bonds. The maximum absolute atomic E-state index is 6.35. The molecule has 7 heteroatoms. The lowest BCUT2D eigenvalue weighted by atomic mass is 9.95. The molecule has 0 aliphatic carbocycles. The van der Waals surface area contributed by atoms with E-state index >= 15 is 0 Å². The van der Waals surface area contributed by atoms with Crippen LogP contribution >= 0.6 is 12.4 Å². The van der Waals surface area contributed by atoms with Crippen molar-refractivity contribution in [3.05, 3.63) is 47.6 Å². The molecule has 2 aromatic rings. The highest BCUT2D eigenvalue weighted by atomic mass is 35.5. The summed E-state index contributed by atoms with van der Waals surface area (Å²) >= 11 is 0. The van der Waals surface area contributed by atoms with Crippen LogP contribution in [0.4, 0.5) is 0 Å². The van der Waals surface area contributed by atoms with Gasteiger partial charge in [-0.2, -0.15) is 4.98 Å². The molecule has 1 aromatic heterocycles. The molecule has 1 fully saturated rings. The molecule has 2 N–H and O–H groups in total. The van der Waals surface area contributed by atoms with Gasteiger partial charge in [0.2, 0.25) is 5.89 Å². The first-order valence-corrected chi connectivity index (χ1v) is 9.00. The Labute approximate surface area is 161 Å². The van der Waals surface area contributed by atoms with Crippen molar-refractivity contribution in [1.29, 1.82) is 0 Å². The second-order valence-corrected chi connectivity index (χ2v) is 7.29. The van der Waals surface area contributed by atoms with Crippen molar-refractivity contribution >= 4 is 12.4 Å². The third-order valence-electron chi connectivity index (χ3n) is 4.55. The average molecular weight is 381 g/mol. The van der Waals surface area contributed by atoms with E-state index in [4.69, 9.17) is 15.0 Å². The van der Waals surface area contributed by atoms with E-state index in [2.05, 4.69) is 53.2 Å². The van der Waals surface area contributed by atoms with Crippen LogP contribution in [0.2, 0.25) is 0 Å². The van der Waals surface area contributed by atoms with Crippen LogP contribution < -0.4 is 5.73 Å². The standard InChI is InChI=1S/C19H28N4O2.ClH/c1-13(2)12-24-14(3)19-21-18(25-22-19)11-23-9-16(17(20)10-23)15-7-5-4-6-8-15;/h4-8,13-14,16-17H,9-12,20H2,1-3H3;1H/t14?,16-,17+;/m0./s1. The zero-order valence-electron chi connectivity index (χ0n) is 15.7. The fraction of sp³-hybridized carbons (Fsp3) is 0.579. The lowest BCUT2D eigenvalue weighted by molar-refractivity contribution is 0.0402. The Balaban J connectivity index is 0.00000243. The van der Waals surface area contributed by atoms with E-state index in [-0.39, 0.29) is 24.6 Å². The minimum atomic E-state index is -0.155. The van der Waals surface area contributed by atoms with Gasteiger partial charge in [0.1, 0.15) is 6.10 Å². The van der Waals surface area contributed by atoms with Gasteiger partial charge in [-0.25, -0.2) is 0 Å². The van der Waals surface area contributed by atoms with E-state index < -0.39 is 0 Å². The number of halogens is 1. The molecule has 1 aliphatic rings. The second-order valence-electron chi connectivity index (χ2n) is 7.29. The second kappa shape index (κ2) is 9.46. The monoisotopic (exact) mass is 380 g/mol. The molecule has 0 bridgehead atoms. The highest BCUT2D eigenvalue weighted by Crippen LogP contribution is 2.27. The Morgan fingerprint density at radius 2 is 1.96 bits per heavy atom. The molecule has 1 aromatic carbocycles. The molecule has 2 heterocycles. The quantitative estimate of drug-likeness (QED) is 0.795. The molecular weight excluding hydrogens is 352 g/mol. The van der Waals surface area contributed by atoms with Gasteiger partial charge in [0.15, 0.2) is 5.82 Å². The number of rotatable bonds is 7. The fourth-order valence-electron chi connectivity index (χ4n) is 3.20. The average Bonchev–Trinajstić information content (AvgIpc) is 3.20. The molecule has 0 saturated carbocycles. The Hall–Kier alpha value is -1.47. The predicted molar refractivity (Wildman–Crippen MR) is 103 cm³/mol. The third kappa shape index (κ3) is 5.27. The van der Waals surface area contributed by atoms with E-state index in [0.717, 1.165) is 13.1 Å². The Morgan fingerprint density at radius 3 is 2.65 bits per heavy atom. The number of ether oxygens (including phenoxy) is 1. The highest BCUT2D eigenvalue weighted by Gasteiger charge is 2.32. The van der Waals surface area contributed by atoms with Crippen molar-refractivity contribution in [1.82, 2.24) is 15.0 Å². The summed E-state index contributed by atoms with van der Waals surface area (Å²) in [5.41, 5.74) is 7.64. The van der Waals surface area contributed by atoms with E-state index in [1.54, 1.807) is 0 Å². The van der Waals surface area contributed by atoms with Crippen LogP contribution in [-0.2, 0) is 11.3 Å². The predicted octanol–water partition coefficient (Wildman–Crippen LogP) is 3.15. The van der Waals surface area contributed by atoms with Crippen molar-refractivity contribution in [2.75, 3.05) is 19.7 Å². The molecule has 0 spiro atoms. The summed E-state index contributed by atoms with van der Waals surface area (Å²) in [4.78, 5) is 6.77. The van der Waals surface area contributed by atoms with Crippen molar-refractivity contribution in [3.63, 3.8) is 0 Å². The summed E-state index contributed by atoms with van der Waals surface area (Å²) in [5, 5.41) is 4.06. The van der Waals surface area contributed by atoms with Gasteiger partial charge in [-0.3, -0.25) is 4.90 Å². The van der Waals surface area contributed by atoms with Crippen LogP contribution in [0.5, 0.6) is 0 Å². The van der Waals surface area contributed by atoms with Crippen molar-refractivity contribution in [2.24, 2.45) is 11.7 Å². The molecular formula is C19H29ClN4O2. The number of aromatic nitrogens is 2. The topological polar surface area (TPSA) is 77.4 Å². The van der Waals surface area contributed by atoms with E-state index in [9.17, 15) is 0 Å². The zero-order valence-corrected chi connectivity index (χ0v) is 16.5. The third-order valence-corrected chi connectivity index (χ3v) is 4.55. The maximum Gasteiger partial charge on any atom is 0.240 e.